The summed E-state index contributed by atoms with van der Waals surface area (Å²) in [4.78, 5) is 23.0. The van der Waals surface area contributed by atoms with E-state index in [4.69, 9.17) is 16.7 Å². The van der Waals surface area contributed by atoms with E-state index in [9.17, 15) is 9.59 Å². The maximum atomic E-state index is 12.1. The van der Waals surface area contributed by atoms with Crippen LogP contribution in [0.25, 0.3) is 0 Å². The SMILES string of the molecule is O=C(N[C@H]1CC[C@@H](C(=O)O)C1)c1cc(Cl)ccc1Br. The first kappa shape index (κ1) is 14.3. The van der Waals surface area contributed by atoms with Crippen molar-refractivity contribution in [2.75, 3.05) is 0 Å². The largest absolute Gasteiger partial charge is 0.481 e. The quantitative estimate of drug-likeness (QED) is 0.884. The zero-order chi connectivity index (χ0) is 14.0. The van der Waals surface area contributed by atoms with Gasteiger partial charge >= 0.3 is 5.97 Å². The molecular weight excluding hydrogens is 334 g/mol. The van der Waals surface area contributed by atoms with Gasteiger partial charge in [-0.3, -0.25) is 9.59 Å². The molecule has 0 unspecified atom stereocenters. The fraction of sp³-hybridized carbons (Fsp3) is 0.385. The van der Waals surface area contributed by atoms with Crippen molar-refractivity contribution < 1.29 is 14.7 Å². The van der Waals surface area contributed by atoms with Gasteiger partial charge in [0.25, 0.3) is 5.91 Å². The van der Waals surface area contributed by atoms with Gasteiger partial charge < -0.3 is 10.4 Å². The number of aliphatic carboxylic acids is 1. The molecule has 1 saturated carbocycles. The first-order valence-electron chi connectivity index (χ1n) is 5.96. The number of carboxylic acids is 1. The van der Waals surface area contributed by atoms with Crippen molar-refractivity contribution in [3.63, 3.8) is 0 Å². The summed E-state index contributed by atoms with van der Waals surface area (Å²) < 4.78 is 0.669. The molecule has 2 N–H and O–H groups in total. The summed E-state index contributed by atoms with van der Waals surface area (Å²) in [6, 6.07) is 4.91. The Kier molecular flexibility index (Phi) is 4.47. The second-order valence-corrected chi connectivity index (χ2v) is 5.93. The van der Waals surface area contributed by atoms with E-state index in [1.807, 2.05) is 0 Å². The Balaban J connectivity index is 2.02. The predicted molar refractivity (Wildman–Crippen MR) is 75.4 cm³/mol. The molecule has 1 amide bonds. The van der Waals surface area contributed by atoms with Crippen LogP contribution in [0.3, 0.4) is 0 Å². The van der Waals surface area contributed by atoms with Crippen molar-refractivity contribution in [3.05, 3.63) is 33.3 Å². The predicted octanol–water partition coefficient (Wildman–Crippen LogP) is 3.09. The molecule has 4 nitrogen and oxygen atoms in total. The molecule has 6 heteroatoms. The monoisotopic (exact) mass is 345 g/mol. The van der Waals surface area contributed by atoms with Gasteiger partial charge in [0, 0.05) is 15.5 Å². The highest BCUT2D eigenvalue weighted by Crippen LogP contribution is 2.27. The molecule has 1 aliphatic rings. The zero-order valence-electron chi connectivity index (χ0n) is 10.0. The summed E-state index contributed by atoms with van der Waals surface area (Å²) in [6.07, 6.45) is 1.79. The summed E-state index contributed by atoms with van der Waals surface area (Å²) in [5, 5.41) is 12.3. The van der Waals surface area contributed by atoms with E-state index in [0.29, 0.717) is 34.3 Å². The van der Waals surface area contributed by atoms with E-state index >= 15 is 0 Å². The Bertz CT molecular complexity index is 521. The van der Waals surface area contributed by atoms with Gasteiger partial charge in [-0.05, 0) is 53.4 Å². The molecule has 0 aromatic heterocycles. The van der Waals surface area contributed by atoms with E-state index < -0.39 is 5.97 Å². The van der Waals surface area contributed by atoms with Crippen LogP contribution in [-0.4, -0.2) is 23.0 Å². The summed E-state index contributed by atoms with van der Waals surface area (Å²) in [7, 11) is 0. The van der Waals surface area contributed by atoms with Crippen LogP contribution in [0.5, 0.6) is 0 Å². The fourth-order valence-electron chi connectivity index (χ4n) is 2.27. The maximum absolute atomic E-state index is 12.1. The molecule has 0 spiro atoms. The molecule has 1 fully saturated rings. The number of hydrogen-bond donors (Lipinski definition) is 2. The molecule has 1 aromatic carbocycles. The number of carbonyl (C=O) groups is 2. The minimum Gasteiger partial charge on any atom is -0.481 e. The van der Waals surface area contributed by atoms with Crippen LogP contribution < -0.4 is 5.32 Å². The van der Waals surface area contributed by atoms with Crippen molar-refractivity contribution in [3.8, 4) is 0 Å². The van der Waals surface area contributed by atoms with Gasteiger partial charge in [0.2, 0.25) is 0 Å². The molecule has 102 valence electrons. The molecular formula is C13H13BrClNO3. The lowest BCUT2D eigenvalue weighted by Gasteiger charge is -2.13. The number of carboxylic acid groups (broad SMARTS) is 1. The van der Waals surface area contributed by atoms with Crippen molar-refractivity contribution in [1.29, 1.82) is 0 Å². The summed E-state index contributed by atoms with van der Waals surface area (Å²) in [5.74, 6) is -1.38. The van der Waals surface area contributed by atoms with Crippen LogP contribution in [-0.2, 0) is 4.79 Å². The Morgan fingerprint density at radius 3 is 2.74 bits per heavy atom. The third kappa shape index (κ3) is 3.48. The zero-order valence-corrected chi connectivity index (χ0v) is 12.4. The third-order valence-electron chi connectivity index (χ3n) is 3.29. The normalized spacial score (nSPS) is 22.2. The van der Waals surface area contributed by atoms with Crippen molar-refractivity contribution >= 4 is 39.4 Å². The second-order valence-electron chi connectivity index (χ2n) is 4.64. The number of amides is 1. The molecule has 0 heterocycles. The van der Waals surface area contributed by atoms with E-state index in [1.54, 1.807) is 18.2 Å². The molecule has 0 bridgehead atoms. The Morgan fingerprint density at radius 2 is 2.11 bits per heavy atom. The molecule has 2 atom stereocenters. The molecule has 0 aliphatic heterocycles. The van der Waals surface area contributed by atoms with E-state index in [2.05, 4.69) is 21.2 Å². The van der Waals surface area contributed by atoms with Crippen molar-refractivity contribution in [2.45, 2.75) is 25.3 Å². The van der Waals surface area contributed by atoms with Crippen LogP contribution in [0.15, 0.2) is 22.7 Å². The summed E-state index contributed by atoms with van der Waals surface area (Å²) >= 11 is 9.17. The van der Waals surface area contributed by atoms with Gasteiger partial charge in [-0.2, -0.15) is 0 Å². The van der Waals surface area contributed by atoms with Gasteiger partial charge in [0.15, 0.2) is 0 Å². The van der Waals surface area contributed by atoms with Crippen LogP contribution in [0.2, 0.25) is 5.02 Å². The highest BCUT2D eigenvalue weighted by Gasteiger charge is 2.30. The first-order chi connectivity index (χ1) is 8.97. The Morgan fingerprint density at radius 1 is 1.37 bits per heavy atom. The average Bonchev–Trinajstić information content (AvgIpc) is 2.80. The smallest absolute Gasteiger partial charge is 0.306 e. The summed E-state index contributed by atoms with van der Waals surface area (Å²) in [6.45, 7) is 0. The van der Waals surface area contributed by atoms with Crippen LogP contribution in [0.1, 0.15) is 29.6 Å². The Labute approximate surface area is 124 Å². The fourth-order valence-corrected chi connectivity index (χ4v) is 2.87. The number of nitrogens with one attached hydrogen (secondary N) is 1. The minimum absolute atomic E-state index is 0.0838. The lowest BCUT2D eigenvalue weighted by atomic mass is 10.1. The number of benzene rings is 1. The lowest BCUT2D eigenvalue weighted by Crippen LogP contribution is -2.33. The molecule has 0 radical (unpaired) electrons. The molecule has 2 rings (SSSR count). The molecule has 1 aromatic rings. The third-order valence-corrected chi connectivity index (χ3v) is 4.22. The van der Waals surface area contributed by atoms with E-state index in [-0.39, 0.29) is 17.9 Å². The summed E-state index contributed by atoms with van der Waals surface area (Å²) in [5.41, 5.74) is 0.464. The van der Waals surface area contributed by atoms with Gasteiger partial charge in [0.05, 0.1) is 11.5 Å². The molecule has 19 heavy (non-hydrogen) atoms. The first-order valence-corrected chi connectivity index (χ1v) is 7.13. The van der Waals surface area contributed by atoms with Crippen molar-refractivity contribution in [1.82, 2.24) is 5.32 Å². The maximum Gasteiger partial charge on any atom is 0.306 e. The standard InChI is InChI=1S/C13H13BrClNO3/c14-11-4-2-8(15)6-10(11)12(17)16-9-3-1-7(5-9)13(18)19/h2,4,6-7,9H,1,3,5H2,(H,16,17)(H,18,19)/t7-,9+/m1/s1. The van der Waals surface area contributed by atoms with Crippen molar-refractivity contribution in [2.24, 2.45) is 5.92 Å². The second kappa shape index (κ2) is 5.92. The highest BCUT2D eigenvalue weighted by atomic mass is 79.9. The number of halogens is 2. The highest BCUT2D eigenvalue weighted by molar-refractivity contribution is 9.10. The van der Waals surface area contributed by atoms with E-state index in [0.717, 1.165) is 0 Å². The minimum atomic E-state index is -0.791. The Hall–Kier alpha value is -1.07. The topological polar surface area (TPSA) is 66.4 Å². The lowest BCUT2D eigenvalue weighted by molar-refractivity contribution is -0.141. The van der Waals surface area contributed by atoms with Gasteiger partial charge in [-0.1, -0.05) is 11.6 Å². The van der Waals surface area contributed by atoms with Crippen LogP contribution in [0.4, 0.5) is 0 Å². The molecule has 0 saturated heterocycles. The number of hydrogen-bond acceptors (Lipinski definition) is 2. The molecule has 1 aliphatic carbocycles. The number of carbonyl (C=O) groups excluding carboxylic acids is 1. The van der Waals surface area contributed by atoms with Crippen LogP contribution in [0, 0.1) is 5.92 Å². The average molecular weight is 347 g/mol. The van der Waals surface area contributed by atoms with Gasteiger partial charge in [0.1, 0.15) is 0 Å². The van der Waals surface area contributed by atoms with Gasteiger partial charge in [-0.15, -0.1) is 0 Å². The number of rotatable bonds is 3. The van der Waals surface area contributed by atoms with Gasteiger partial charge in [-0.25, -0.2) is 0 Å². The van der Waals surface area contributed by atoms with Crippen LogP contribution >= 0.6 is 27.5 Å². The van der Waals surface area contributed by atoms with E-state index in [1.165, 1.54) is 0 Å².